The van der Waals surface area contributed by atoms with Crippen LogP contribution in [0.15, 0.2) is 16.7 Å². The van der Waals surface area contributed by atoms with E-state index in [1.54, 1.807) is 10.9 Å². The van der Waals surface area contributed by atoms with Crippen molar-refractivity contribution < 1.29 is 4.42 Å². The molecule has 0 fully saturated rings. The molecule has 0 aliphatic heterocycles. The van der Waals surface area contributed by atoms with E-state index in [1.807, 2.05) is 27.0 Å². The van der Waals surface area contributed by atoms with Crippen molar-refractivity contribution in [1.82, 2.24) is 9.78 Å². The number of nitrogens with two attached hydrogens (primary N) is 1. The summed E-state index contributed by atoms with van der Waals surface area (Å²) in [6, 6.07) is 2.15. The lowest BCUT2D eigenvalue weighted by atomic mass is 10.1. The Labute approximate surface area is 101 Å². The van der Waals surface area contributed by atoms with Gasteiger partial charge in [0.1, 0.15) is 11.5 Å². The lowest BCUT2D eigenvalue weighted by molar-refractivity contribution is 0.499. The van der Waals surface area contributed by atoms with Gasteiger partial charge in [-0.15, -0.1) is 0 Å². The Hall–Kier alpha value is -1.91. The molecule has 0 saturated carbocycles. The van der Waals surface area contributed by atoms with Crippen LogP contribution < -0.4 is 11.1 Å². The number of anilines is 2. The molecule has 0 saturated heterocycles. The molecule has 2 aromatic heterocycles. The minimum Gasteiger partial charge on any atom is -0.466 e. The lowest BCUT2D eigenvalue weighted by Gasteiger charge is -2.12. The first-order valence-corrected chi connectivity index (χ1v) is 5.60. The second-order valence-corrected chi connectivity index (χ2v) is 4.34. The minimum atomic E-state index is 0.115. The summed E-state index contributed by atoms with van der Waals surface area (Å²) in [5.74, 6) is 2.55. The Balaban J connectivity index is 2.19. The third-order valence-corrected chi connectivity index (χ3v) is 2.76. The molecule has 5 nitrogen and oxygen atoms in total. The predicted octanol–water partition coefficient (Wildman–Crippen LogP) is 2.39. The first kappa shape index (κ1) is 11.6. The summed E-state index contributed by atoms with van der Waals surface area (Å²) in [5.41, 5.74) is 7.62. The van der Waals surface area contributed by atoms with Crippen molar-refractivity contribution in [3.05, 3.63) is 29.3 Å². The number of hydrogen-bond acceptors (Lipinski definition) is 4. The molecule has 2 heterocycles. The van der Waals surface area contributed by atoms with Crippen LogP contribution >= 0.6 is 0 Å². The molecule has 1 atom stereocenters. The molecule has 0 bridgehead atoms. The highest BCUT2D eigenvalue weighted by Crippen LogP contribution is 2.26. The quantitative estimate of drug-likeness (QED) is 0.855. The molecular weight excluding hydrogens is 216 g/mol. The van der Waals surface area contributed by atoms with Gasteiger partial charge >= 0.3 is 0 Å². The molecule has 0 radical (unpaired) electrons. The van der Waals surface area contributed by atoms with Crippen LogP contribution in [-0.4, -0.2) is 9.78 Å². The summed E-state index contributed by atoms with van der Waals surface area (Å²) in [6.07, 6.45) is 1.78. The molecule has 0 spiro atoms. The molecule has 0 aliphatic carbocycles. The molecule has 3 N–H and O–H groups in total. The number of hydrogen-bond donors (Lipinski definition) is 2. The van der Waals surface area contributed by atoms with E-state index < -0.39 is 0 Å². The Bertz CT molecular complexity index is 527. The van der Waals surface area contributed by atoms with E-state index in [4.69, 9.17) is 10.2 Å². The fourth-order valence-corrected chi connectivity index (χ4v) is 1.98. The van der Waals surface area contributed by atoms with Crippen LogP contribution in [0.25, 0.3) is 0 Å². The smallest absolute Gasteiger partial charge is 0.171 e. The zero-order valence-electron chi connectivity index (χ0n) is 10.6. The molecule has 0 aliphatic rings. The summed E-state index contributed by atoms with van der Waals surface area (Å²) in [4.78, 5) is 0. The van der Waals surface area contributed by atoms with Crippen LogP contribution in [0.5, 0.6) is 0 Å². The largest absolute Gasteiger partial charge is 0.466 e. The maximum absolute atomic E-state index is 5.84. The van der Waals surface area contributed by atoms with Gasteiger partial charge in [0.2, 0.25) is 0 Å². The molecular formula is C12H18N4O. The number of nitrogens with one attached hydrogen (secondary N) is 1. The molecule has 5 heteroatoms. The Morgan fingerprint density at radius 3 is 2.65 bits per heavy atom. The topological polar surface area (TPSA) is 69.0 Å². The molecule has 0 amide bonds. The third kappa shape index (κ3) is 2.27. The van der Waals surface area contributed by atoms with Crippen molar-refractivity contribution in [2.24, 2.45) is 7.05 Å². The first-order chi connectivity index (χ1) is 7.97. The Morgan fingerprint density at radius 1 is 1.47 bits per heavy atom. The molecule has 92 valence electrons. The van der Waals surface area contributed by atoms with Crippen molar-refractivity contribution in [2.75, 3.05) is 11.1 Å². The lowest BCUT2D eigenvalue weighted by Crippen LogP contribution is -2.08. The average Bonchev–Trinajstić information content (AvgIpc) is 2.70. The van der Waals surface area contributed by atoms with Crippen molar-refractivity contribution in [2.45, 2.75) is 26.8 Å². The van der Waals surface area contributed by atoms with Gasteiger partial charge in [0, 0.05) is 18.8 Å². The predicted molar refractivity (Wildman–Crippen MR) is 67.8 cm³/mol. The number of aryl methyl sites for hydroxylation is 3. The van der Waals surface area contributed by atoms with Gasteiger partial charge in [0.25, 0.3) is 0 Å². The minimum absolute atomic E-state index is 0.115. The van der Waals surface area contributed by atoms with Gasteiger partial charge < -0.3 is 15.5 Å². The van der Waals surface area contributed by atoms with Crippen LogP contribution in [0.2, 0.25) is 0 Å². The summed E-state index contributed by atoms with van der Waals surface area (Å²) in [5, 5.41) is 7.55. The van der Waals surface area contributed by atoms with Crippen molar-refractivity contribution >= 4 is 11.5 Å². The highest BCUT2D eigenvalue weighted by molar-refractivity contribution is 5.60. The summed E-state index contributed by atoms with van der Waals surface area (Å²) in [7, 11) is 1.85. The van der Waals surface area contributed by atoms with Gasteiger partial charge in [0.05, 0.1) is 11.7 Å². The van der Waals surface area contributed by atoms with Crippen molar-refractivity contribution in [3.63, 3.8) is 0 Å². The molecule has 1 unspecified atom stereocenters. The summed E-state index contributed by atoms with van der Waals surface area (Å²) < 4.78 is 7.20. The van der Waals surface area contributed by atoms with Gasteiger partial charge in [-0.1, -0.05) is 0 Å². The van der Waals surface area contributed by atoms with Crippen LogP contribution in [0, 0.1) is 13.8 Å². The first-order valence-electron chi connectivity index (χ1n) is 5.60. The normalized spacial score (nSPS) is 12.7. The van der Waals surface area contributed by atoms with Crippen LogP contribution in [0.1, 0.15) is 30.0 Å². The average molecular weight is 234 g/mol. The number of furan rings is 1. The van der Waals surface area contributed by atoms with Crippen LogP contribution in [0.3, 0.4) is 0 Å². The maximum Gasteiger partial charge on any atom is 0.171 e. The zero-order valence-corrected chi connectivity index (χ0v) is 10.6. The fraction of sp³-hybridized carbons (Fsp3) is 0.417. The monoisotopic (exact) mass is 234 g/mol. The van der Waals surface area contributed by atoms with E-state index in [0.29, 0.717) is 11.5 Å². The molecule has 2 aromatic rings. The van der Waals surface area contributed by atoms with E-state index in [-0.39, 0.29) is 6.04 Å². The van der Waals surface area contributed by atoms with Crippen molar-refractivity contribution in [3.8, 4) is 0 Å². The van der Waals surface area contributed by atoms with E-state index in [2.05, 4.69) is 17.3 Å². The van der Waals surface area contributed by atoms with E-state index in [1.165, 1.54) is 0 Å². The zero-order chi connectivity index (χ0) is 12.6. The Kier molecular flexibility index (Phi) is 2.83. The van der Waals surface area contributed by atoms with E-state index in [0.717, 1.165) is 17.1 Å². The van der Waals surface area contributed by atoms with Crippen molar-refractivity contribution in [1.29, 1.82) is 0 Å². The fourth-order valence-electron chi connectivity index (χ4n) is 1.98. The number of rotatable bonds is 3. The summed E-state index contributed by atoms with van der Waals surface area (Å²) in [6.45, 7) is 5.96. The van der Waals surface area contributed by atoms with Gasteiger partial charge in [-0.2, -0.15) is 5.10 Å². The van der Waals surface area contributed by atoms with E-state index in [9.17, 15) is 0 Å². The van der Waals surface area contributed by atoms with Crippen LogP contribution in [-0.2, 0) is 7.05 Å². The molecule has 17 heavy (non-hydrogen) atoms. The molecule has 2 rings (SSSR count). The third-order valence-electron chi connectivity index (χ3n) is 2.76. The number of aromatic nitrogens is 2. The SMILES string of the molecule is Cc1cc(C(C)Nc2nn(C)cc2N)c(C)o1. The van der Waals surface area contributed by atoms with Gasteiger partial charge in [0.15, 0.2) is 5.82 Å². The van der Waals surface area contributed by atoms with Gasteiger partial charge in [-0.3, -0.25) is 4.68 Å². The second kappa shape index (κ2) is 4.16. The highest BCUT2D eigenvalue weighted by Gasteiger charge is 2.14. The van der Waals surface area contributed by atoms with Crippen LogP contribution in [0.4, 0.5) is 11.5 Å². The highest BCUT2D eigenvalue weighted by atomic mass is 16.3. The standard InChI is InChI=1S/C12H18N4O/c1-7-5-10(9(3)17-7)8(2)14-12-11(13)6-16(4)15-12/h5-6,8H,13H2,1-4H3,(H,14,15). The van der Waals surface area contributed by atoms with Gasteiger partial charge in [-0.05, 0) is 26.8 Å². The number of nitrogen functional groups attached to an aromatic ring is 1. The maximum atomic E-state index is 5.84. The number of nitrogens with zero attached hydrogens (tertiary/aromatic N) is 2. The second-order valence-electron chi connectivity index (χ2n) is 4.34. The summed E-state index contributed by atoms with van der Waals surface area (Å²) >= 11 is 0. The van der Waals surface area contributed by atoms with Gasteiger partial charge in [-0.25, -0.2) is 0 Å². The Morgan fingerprint density at radius 2 is 2.18 bits per heavy atom. The van der Waals surface area contributed by atoms with E-state index >= 15 is 0 Å². The molecule has 0 aromatic carbocycles.